The first-order valence-electron chi connectivity index (χ1n) is 5.36. The molecule has 0 atom stereocenters. The first kappa shape index (κ1) is 16.5. The predicted molar refractivity (Wildman–Crippen MR) is 67.7 cm³/mol. The monoisotopic (exact) mass is 285 g/mol. The normalized spacial score (nSPS) is 12.3. The summed E-state index contributed by atoms with van der Waals surface area (Å²) in [6.07, 6.45) is 0.172. The van der Waals surface area contributed by atoms with Crippen molar-refractivity contribution in [2.45, 2.75) is 39.2 Å². The molecule has 0 saturated heterocycles. The number of carbonyl (C=O) groups excluding carboxylic acids is 1. The number of amides is 1. The molecule has 0 radical (unpaired) electrons. The van der Waals surface area contributed by atoms with E-state index in [-0.39, 0.29) is 5.75 Å². The lowest BCUT2D eigenvalue weighted by Crippen LogP contribution is -2.39. The third-order valence-corrected chi connectivity index (χ3v) is 3.91. The molecule has 5 nitrogen and oxygen atoms in total. The summed E-state index contributed by atoms with van der Waals surface area (Å²) in [4.78, 5) is 11.5. The minimum Gasteiger partial charge on any atom is -0.443 e. The van der Waals surface area contributed by atoms with Gasteiger partial charge in [-0.15, -0.1) is 11.6 Å². The van der Waals surface area contributed by atoms with Crippen molar-refractivity contribution in [3.8, 4) is 0 Å². The lowest BCUT2D eigenvalue weighted by atomic mass is 10.2. The molecule has 0 fully saturated rings. The van der Waals surface area contributed by atoms with Gasteiger partial charge < -0.3 is 4.74 Å². The summed E-state index contributed by atoms with van der Waals surface area (Å²) < 4.78 is 29.0. The van der Waals surface area contributed by atoms with E-state index in [0.717, 1.165) is 0 Å². The highest BCUT2D eigenvalue weighted by molar-refractivity contribution is 7.89. The lowest BCUT2D eigenvalue weighted by Gasteiger charge is -2.24. The van der Waals surface area contributed by atoms with E-state index >= 15 is 0 Å². The number of sulfonamides is 1. The molecule has 0 aromatic heterocycles. The van der Waals surface area contributed by atoms with Gasteiger partial charge in [-0.3, -0.25) is 0 Å². The van der Waals surface area contributed by atoms with Crippen molar-refractivity contribution in [1.82, 2.24) is 4.31 Å². The van der Waals surface area contributed by atoms with Gasteiger partial charge in [0.05, 0.1) is 5.75 Å². The van der Waals surface area contributed by atoms with Crippen LogP contribution >= 0.6 is 11.6 Å². The Bertz CT molecular complexity index is 348. The molecule has 0 unspecified atom stereocenters. The maximum Gasteiger partial charge on any atom is 0.423 e. The minimum atomic E-state index is -3.60. The number of alkyl halides is 1. The fraction of sp³-hybridized carbons (Fsp3) is 0.900. The largest absolute Gasteiger partial charge is 0.443 e. The van der Waals surface area contributed by atoms with E-state index in [4.69, 9.17) is 16.3 Å². The number of ether oxygens (including phenoxy) is 1. The summed E-state index contributed by atoms with van der Waals surface area (Å²) in [6.45, 7) is 5.04. The summed E-state index contributed by atoms with van der Waals surface area (Å²) in [6, 6.07) is 0. The van der Waals surface area contributed by atoms with Crippen LogP contribution in [-0.4, -0.2) is 43.1 Å². The van der Waals surface area contributed by atoms with Crippen LogP contribution < -0.4 is 0 Å². The van der Waals surface area contributed by atoms with Gasteiger partial charge in [-0.25, -0.2) is 17.5 Å². The van der Waals surface area contributed by atoms with Crippen molar-refractivity contribution in [1.29, 1.82) is 0 Å². The van der Waals surface area contributed by atoms with Crippen molar-refractivity contribution in [3.05, 3.63) is 0 Å². The Balaban J connectivity index is 4.47. The fourth-order valence-corrected chi connectivity index (χ4v) is 2.25. The number of hydrogen-bond acceptors (Lipinski definition) is 4. The third kappa shape index (κ3) is 6.73. The van der Waals surface area contributed by atoms with Crippen molar-refractivity contribution >= 4 is 27.7 Å². The number of nitrogens with zero attached hydrogens (tertiary/aromatic N) is 1. The van der Waals surface area contributed by atoms with Crippen LogP contribution in [0.15, 0.2) is 0 Å². The van der Waals surface area contributed by atoms with Crippen molar-refractivity contribution in [2.75, 3.05) is 18.7 Å². The second-order valence-electron chi connectivity index (χ2n) is 4.66. The van der Waals surface area contributed by atoms with Crippen LogP contribution in [0.3, 0.4) is 0 Å². The zero-order chi connectivity index (χ0) is 13.7. The quantitative estimate of drug-likeness (QED) is 0.574. The predicted octanol–water partition coefficient (Wildman–Crippen LogP) is 2.20. The van der Waals surface area contributed by atoms with E-state index in [2.05, 4.69) is 0 Å². The highest BCUT2D eigenvalue weighted by Crippen LogP contribution is 2.12. The molecule has 0 N–H and O–H groups in total. The van der Waals surface area contributed by atoms with Gasteiger partial charge in [-0.05, 0) is 33.6 Å². The van der Waals surface area contributed by atoms with Gasteiger partial charge >= 0.3 is 6.09 Å². The maximum atomic E-state index is 11.7. The summed E-state index contributed by atoms with van der Waals surface area (Å²) in [7, 11) is -2.41. The fourth-order valence-electron chi connectivity index (χ4n) is 0.956. The lowest BCUT2D eigenvalue weighted by molar-refractivity contribution is 0.0420. The maximum absolute atomic E-state index is 11.7. The highest BCUT2D eigenvalue weighted by atomic mass is 35.5. The Morgan fingerprint density at radius 3 is 2.24 bits per heavy atom. The average Bonchev–Trinajstić information content (AvgIpc) is 2.14. The van der Waals surface area contributed by atoms with E-state index in [0.29, 0.717) is 23.0 Å². The van der Waals surface area contributed by atoms with Gasteiger partial charge in [0.15, 0.2) is 0 Å². The summed E-state index contributed by atoms with van der Waals surface area (Å²) in [5.41, 5.74) is -0.711. The first-order chi connectivity index (χ1) is 7.60. The molecule has 0 aliphatic heterocycles. The van der Waals surface area contributed by atoms with Gasteiger partial charge in [0.1, 0.15) is 5.60 Å². The minimum absolute atomic E-state index is 0.102. The molecule has 0 saturated carbocycles. The highest BCUT2D eigenvalue weighted by Gasteiger charge is 2.27. The molecule has 0 bridgehead atoms. The molecule has 1 amide bonds. The van der Waals surface area contributed by atoms with Gasteiger partial charge in [0.25, 0.3) is 0 Å². The molecule has 0 spiro atoms. The smallest absolute Gasteiger partial charge is 0.423 e. The van der Waals surface area contributed by atoms with E-state index in [1.54, 1.807) is 20.8 Å². The molecule has 0 heterocycles. The standard InChI is InChI=1S/C10H20ClNO4S/c1-10(2,3)16-9(13)12(4)17(14,15)8-6-5-7-11/h5-8H2,1-4H3. The third-order valence-electron chi connectivity index (χ3n) is 1.85. The topological polar surface area (TPSA) is 63.7 Å². The number of hydrogen-bond donors (Lipinski definition) is 0. The molecule has 17 heavy (non-hydrogen) atoms. The van der Waals surface area contributed by atoms with Gasteiger partial charge in [-0.1, -0.05) is 0 Å². The van der Waals surface area contributed by atoms with Gasteiger partial charge in [0.2, 0.25) is 10.0 Å². The van der Waals surface area contributed by atoms with Crippen LogP contribution in [0.1, 0.15) is 33.6 Å². The molecule has 0 aliphatic carbocycles. The molecular weight excluding hydrogens is 266 g/mol. The van der Waals surface area contributed by atoms with Crippen molar-refractivity contribution in [2.24, 2.45) is 0 Å². The first-order valence-corrected chi connectivity index (χ1v) is 7.50. The van der Waals surface area contributed by atoms with Gasteiger partial charge in [0, 0.05) is 12.9 Å². The second-order valence-corrected chi connectivity index (χ2v) is 7.16. The Morgan fingerprint density at radius 1 is 1.29 bits per heavy atom. The van der Waals surface area contributed by atoms with Gasteiger partial charge in [-0.2, -0.15) is 0 Å². The summed E-state index contributed by atoms with van der Waals surface area (Å²) in [5.74, 6) is 0.307. The Hall–Kier alpha value is -0.490. The Labute approximate surface area is 108 Å². The number of halogens is 1. The molecule has 0 aromatic rings. The SMILES string of the molecule is CN(C(=O)OC(C)(C)C)S(=O)(=O)CCCCCl. The van der Waals surface area contributed by atoms with Crippen LogP contribution in [0.5, 0.6) is 0 Å². The van der Waals surface area contributed by atoms with E-state index in [1.165, 1.54) is 7.05 Å². The van der Waals surface area contributed by atoms with Crippen LogP contribution in [0.25, 0.3) is 0 Å². The number of carbonyl (C=O) groups is 1. The van der Waals surface area contributed by atoms with Crippen molar-refractivity contribution in [3.63, 3.8) is 0 Å². The zero-order valence-electron chi connectivity index (χ0n) is 10.7. The van der Waals surface area contributed by atoms with Crippen LogP contribution in [-0.2, 0) is 14.8 Å². The van der Waals surface area contributed by atoms with Crippen LogP contribution in [0, 0.1) is 0 Å². The molecule has 0 aromatic carbocycles. The van der Waals surface area contributed by atoms with Crippen LogP contribution in [0.2, 0.25) is 0 Å². The number of unbranched alkanes of at least 4 members (excludes halogenated alkanes) is 1. The van der Waals surface area contributed by atoms with Crippen molar-refractivity contribution < 1.29 is 17.9 Å². The second kappa shape index (κ2) is 6.44. The Kier molecular flexibility index (Phi) is 6.26. The summed E-state index contributed by atoms with van der Waals surface area (Å²) in [5, 5.41) is 0. The number of rotatable bonds is 5. The summed E-state index contributed by atoms with van der Waals surface area (Å²) >= 11 is 5.46. The van der Waals surface area contributed by atoms with E-state index in [9.17, 15) is 13.2 Å². The zero-order valence-corrected chi connectivity index (χ0v) is 12.3. The molecule has 7 heteroatoms. The molecular formula is C10H20ClNO4S. The Morgan fingerprint density at radius 2 is 1.82 bits per heavy atom. The van der Waals surface area contributed by atoms with E-state index < -0.39 is 21.7 Å². The van der Waals surface area contributed by atoms with Crippen LogP contribution in [0.4, 0.5) is 4.79 Å². The molecule has 0 aliphatic rings. The molecule has 0 rings (SSSR count). The average molecular weight is 286 g/mol. The molecule has 102 valence electrons. The van der Waals surface area contributed by atoms with E-state index in [1.807, 2.05) is 0 Å².